The van der Waals surface area contributed by atoms with Gasteiger partial charge in [-0.3, -0.25) is 9.36 Å². The molecule has 0 aliphatic rings. The van der Waals surface area contributed by atoms with Gasteiger partial charge in [0.1, 0.15) is 5.75 Å². The quantitative estimate of drug-likeness (QED) is 0.251. The number of benzene rings is 3. The molecule has 1 heterocycles. The van der Waals surface area contributed by atoms with E-state index in [1.54, 1.807) is 12.1 Å². The number of nitrogens with one attached hydrogen (secondary N) is 1. The number of amides is 1. The van der Waals surface area contributed by atoms with Gasteiger partial charge in [0.05, 0.1) is 11.3 Å². The summed E-state index contributed by atoms with van der Waals surface area (Å²) >= 11 is 1.25. The van der Waals surface area contributed by atoms with Crippen molar-refractivity contribution in [2.45, 2.75) is 37.9 Å². The number of para-hydroxylation sites is 1. The molecule has 1 unspecified atom stereocenters. The van der Waals surface area contributed by atoms with E-state index in [2.05, 4.69) is 41.5 Å². The van der Waals surface area contributed by atoms with Crippen LogP contribution in [0.2, 0.25) is 0 Å². The van der Waals surface area contributed by atoms with Crippen LogP contribution >= 0.6 is 11.8 Å². The maximum Gasteiger partial charge on any atom is 0.335 e. The molecule has 0 aliphatic carbocycles. The number of nitrogens with zero attached hydrogens (tertiary/aromatic N) is 3. The molecule has 1 aromatic heterocycles. The number of aromatic carboxylic acids is 1. The largest absolute Gasteiger partial charge is 0.483 e. The zero-order valence-corrected chi connectivity index (χ0v) is 21.6. The predicted molar refractivity (Wildman–Crippen MR) is 144 cm³/mol. The third-order valence-electron chi connectivity index (χ3n) is 5.64. The van der Waals surface area contributed by atoms with Crippen LogP contribution < -0.4 is 10.1 Å². The Balaban J connectivity index is 1.49. The topological polar surface area (TPSA) is 106 Å². The number of carbonyl (C=O) groups excluding carboxylic acids is 1. The van der Waals surface area contributed by atoms with Crippen molar-refractivity contribution in [2.24, 2.45) is 0 Å². The highest BCUT2D eigenvalue weighted by Gasteiger charge is 2.22. The van der Waals surface area contributed by atoms with E-state index in [0.29, 0.717) is 22.6 Å². The number of hydrogen-bond donors (Lipinski definition) is 2. The number of ether oxygens (including phenoxy) is 1. The molecule has 4 rings (SSSR count). The molecule has 1 amide bonds. The molecular formula is C28H28N4O4S. The summed E-state index contributed by atoms with van der Waals surface area (Å²) in [5, 5.41) is 21.1. The number of aromatic nitrogens is 3. The van der Waals surface area contributed by atoms with Gasteiger partial charge in [-0.25, -0.2) is 4.79 Å². The molecule has 9 heteroatoms. The summed E-state index contributed by atoms with van der Waals surface area (Å²) in [5.41, 5.74) is 2.77. The van der Waals surface area contributed by atoms with Gasteiger partial charge in [0.25, 0.3) is 0 Å². The fourth-order valence-electron chi connectivity index (χ4n) is 3.67. The number of carbonyl (C=O) groups is 2. The van der Waals surface area contributed by atoms with Crippen LogP contribution in [0.15, 0.2) is 84.0 Å². The van der Waals surface area contributed by atoms with Gasteiger partial charge in [-0.1, -0.05) is 55.9 Å². The Labute approximate surface area is 219 Å². The minimum absolute atomic E-state index is 0.0948. The fourth-order valence-corrected chi connectivity index (χ4v) is 4.43. The van der Waals surface area contributed by atoms with E-state index in [9.17, 15) is 9.59 Å². The van der Waals surface area contributed by atoms with Crippen molar-refractivity contribution in [2.75, 3.05) is 11.1 Å². The second kappa shape index (κ2) is 11.7. The van der Waals surface area contributed by atoms with Crippen molar-refractivity contribution in [3.8, 4) is 11.4 Å². The zero-order valence-electron chi connectivity index (χ0n) is 20.8. The van der Waals surface area contributed by atoms with Crippen molar-refractivity contribution in [3.05, 3.63) is 95.8 Å². The zero-order chi connectivity index (χ0) is 26.4. The van der Waals surface area contributed by atoms with Crippen LogP contribution in [0.3, 0.4) is 0 Å². The highest BCUT2D eigenvalue weighted by atomic mass is 32.2. The number of rotatable bonds is 10. The second-order valence-electron chi connectivity index (χ2n) is 8.71. The molecule has 37 heavy (non-hydrogen) atoms. The number of thioether (sulfide) groups is 1. The molecule has 0 saturated carbocycles. The lowest BCUT2D eigenvalue weighted by molar-refractivity contribution is -0.113. The maximum atomic E-state index is 12.6. The van der Waals surface area contributed by atoms with E-state index in [1.807, 2.05) is 54.0 Å². The summed E-state index contributed by atoms with van der Waals surface area (Å²) in [4.78, 5) is 23.6. The Morgan fingerprint density at radius 1 is 0.946 bits per heavy atom. The van der Waals surface area contributed by atoms with Crippen LogP contribution in [0.5, 0.6) is 5.75 Å². The molecular weight excluding hydrogens is 488 g/mol. The van der Waals surface area contributed by atoms with E-state index in [4.69, 9.17) is 9.84 Å². The van der Waals surface area contributed by atoms with Crippen molar-refractivity contribution in [1.29, 1.82) is 0 Å². The highest BCUT2D eigenvalue weighted by molar-refractivity contribution is 7.99. The van der Waals surface area contributed by atoms with E-state index < -0.39 is 12.1 Å². The van der Waals surface area contributed by atoms with Crippen LogP contribution in [0, 0.1) is 0 Å². The molecule has 0 aliphatic heterocycles. The third kappa shape index (κ3) is 6.56. The Kier molecular flexibility index (Phi) is 8.25. The molecule has 4 aromatic rings. The van der Waals surface area contributed by atoms with Gasteiger partial charge < -0.3 is 15.2 Å². The summed E-state index contributed by atoms with van der Waals surface area (Å²) in [5.74, 6) is 0.626. The van der Waals surface area contributed by atoms with Crippen LogP contribution in [0.1, 0.15) is 54.5 Å². The van der Waals surface area contributed by atoms with Gasteiger partial charge in [0, 0.05) is 11.4 Å². The van der Waals surface area contributed by atoms with Crippen LogP contribution in [0.4, 0.5) is 5.69 Å². The Morgan fingerprint density at radius 2 is 1.62 bits per heavy atom. The monoisotopic (exact) mass is 516 g/mol. The number of carboxylic acid groups (broad SMARTS) is 1. The number of carboxylic acids is 1. The fraction of sp³-hybridized carbons (Fsp3) is 0.214. The van der Waals surface area contributed by atoms with Gasteiger partial charge in [-0.05, 0) is 66.9 Å². The van der Waals surface area contributed by atoms with E-state index >= 15 is 0 Å². The highest BCUT2D eigenvalue weighted by Crippen LogP contribution is 2.28. The normalized spacial score (nSPS) is 11.8. The smallest absolute Gasteiger partial charge is 0.335 e. The van der Waals surface area contributed by atoms with Gasteiger partial charge in [-0.2, -0.15) is 0 Å². The molecule has 190 valence electrons. The first kappa shape index (κ1) is 26.0. The molecule has 0 bridgehead atoms. The molecule has 0 spiro atoms. The number of hydrogen-bond acceptors (Lipinski definition) is 6. The lowest BCUT2D eigenvalue weighted by atomic mass is 10.0. The second-order valence-corrected chi connectivity index (χ2v) is 9.66. The number of anilines is 1. The summed E-state index contributed by atoms with van der Waals surface area (Å²) in [6.07, 6.45) is -0.395. The standard InChI is InChI=1S/C28H28N4O4S/c1-18(2)20-11-15-24(16-12-20)36-19(3)26-30-31-28(32(26)23-7-5-4-6-8-23)37-17-25(33)29-22-13-9-21(10-14-22)27(34)35/h4-16,18-19H,17H2,1-3H3,(H,29,33)(H,34,35). The predicted octanol–water partition coefficient (Wildman–Crippen LogP) is 5.96. The van der Waals surface area contributed by atoms with Crippen molar-refractivity contribution < 1.29 is 19.4 Å². The first-order valence-corrected chi connectivity index (χ1v) is 12.8. The van der Waals surface area contributed by atoms with Gasteiger partial charge in [-0.15, -0.1) is 10.2 Å². The minimum atomic E-state index is -1.02. The first-order valence-electron chi connectivity index (χ1n) is 11.8. The lowest BCUT2D eigenvalue weighted by Gasteiger charge is -2.17. The Morgan fingerprint density at radius 3 is 2.24 bits per heavy atom. The molecule has 0 radical (unpaired) electrons. The summed E-state index contributed by atoms with van der Waals surface area (Å²) in [6, 6.07) is 23.7. The molecule has 0 saturated heterocycles. The molecule has 8 nitrogen and oxygen atoms in total. The van der Waals surface area contributed by atoms with Crippen molar-refractivity contribution in [3.63, 3.8) is 0 Å². The minimum Gasteiger partial charge on any atom is -0.483 e. The molecule has 1 atom stereocenters. The summed E-state index contributed by atoms with van der Waals surface area (Å²) < 4.78 is 8.08. The summed E-state index contributed by atoms with van der Waals surface area (Å²) in [6.45, 7) is 6.21. The Hall–Kier alpha value is -4.11. The van der Waals surface area contributed by atoms with Gasteiger partial charge >= 0.3 is 5.97 Å². The van der Waals surface area contributed by atoms with Crippen LogP contribution in [0.25, 0.3) is 5.69 Å². The average Bonchev–Trinajstić information content (AvgIpc) is 3.33. The SMILES string of the molecule is CC(C)c1ccc(OC(C)c2nnc(SCC(=O)Nc3ccc(C(=O)O)cc3)n2-c2ccccc2)cc1. The first-order chi connectivity index (χ1) is 17.8. The maximum absolute atomic E-state index is 12.6. The van der Waals surface area contributed by atoms with Crippen molar-refractivity contribution >= 4 is 29.3 Å². The molecule has 0 fully saturated rings. The van der Waals surface area contributed by atoms with E-state index in [0.717, 1.165) is 11.4 Å². The van der Waals surface area contributed by atoms with E-state index in [1.165, 1.54) is 29.5 Å². The van der Waals surface area contributed by atoms with Crippen LogP contribution in [-0.4, -0.2) is 37.5 Å². The van der Waals surface area contributed by atoms with Crippen molar-refractivity contribution in [1.82, 2.24) is 14.8 Å². The van der Waals surface area contributed by atoms with Gasteiger partial charge in [0.15, 0.2) is 17.1 Å². The third-order valence-corrected chi connectivity index (χ3v) is 6.57. The average molecular weight is 517 g/mol. The summed E-state index contributed by atoms with van der Waals surface area (Å²) in [7, 11) is 0. The van der Waals surface area contributed by atoms with Gasteiger partial charge in [0.2, 0.25) is 5.91 Å². The Bertz CT molecular complexity index is 1350. The molecule has 3 aromatic carbocycles. The molecule has 2 N–H and O–H groups in total. The lowest BCUT2D eigenvalue weighted by Crippen LogP contribution is -2.15. The van der Waals surface area contributed by atoms with Crippen LogP contribution in [-0.2, 0) is 4.79 Å². The van der Waals surface area contributed by atoms with E-state index in [-0.39, 0.29) is 17.2 Å².